The lowest BCUT2D eigenvalue weighted by molar-refractivity contribution is 0.668. The SMILES string of the molecule is CS(=O)CCNCc1ncccn1. The van der Waals surface area contributed by atoms with Gasteiger partial charge in [0.15, 0.2) is 0 Å². The van der Waals surface area contributed by atoms with Gasteiger partial charge < -0.3 is 5.32 Å². The lowest BCUT2D eigenvalue weighted by Gasteiger charge is -2.00. The Bertz CT molecular complexity index is 265. The molecule has 1 rings (SSSR count). The van der Waals surface area contributed by atoms with Crippen LogP contribution in [0.25, 0.3) is 0 Å². The maximum absolute atomic E-state index is 10.7. The van der Waals surface area contributed by atoms with Crippen LogP contribution < -0.4 is 5.32 Å². The second-order valence-electron chi connectivity index (χ2n) is 2.62. The monoisotopic (exact) mass is 199 g/mol. The van der Waals surface area contributed by atoms with Gasteiger partial charge in [-0.15, -0.1) is 0 Å². The Hall–Kier alpha value is -0.810. The van der Waals surface area contributed by atoms with Crippen molar-refractivity contribution in [2.75, 3.05) is 18.6 Å². The molecule has 1 heterocycles. The molecule has 13 heavy (non-hydrogen) atoms. The maximum Gasteiger partial charge on any atom is 0.141 e. The summed E-state index contributed by atoms with van der Waals surface area (Å²) in [7, 11) is -0.727. The second kappa shape index (κ2) is 5.77. The van der Waals surface area contributed by atoms with Crippen molar-refractivity contribution in [1.82, 2.24) is 15.3 Å². The fraction of sp³-hybridized carbons (Fsp3) is 0.500. The Kier molecular flexibility index (Phi) is 4.56. The summed E-state index contributed by atoms with van der Waals surface area (Å²) >= 11 is 0. The molecule has 4 nitrogen and oxygen atoms in total. The molecule has 0 bridgehead atoms. The molecule has 5 heteroatoms. The summed E-state index contributed by atoms with van der Waals surface area (Å²) in [6.07, 6.45) is 5.12. The van der Waals surface area contributed by atoms with Gasteiger partial charge in [0.05, 0.1) is 6.54 Å². The Balaban J connectivity index is 2.17. The average molecular weight is 199 g/mol. The molecular weight excluding hydrogens is 186 g/mol. The Morgan fingerprint density at radius 1 is 1.46 bits per heavy atom. The van der Waals surface area contributed by atoms with Gasteiger partial charge in [0.1, 0.15) is 5.82 Å². The molecule has 1 aromatic rings. The Morgan fingerprint density at radius 3 is 2.77 bits per heavy atom. The van der Waals surface area contributed by atoms with Crippen molar-refractivity contribution in [2.24, 2.45) is 0 Å². The first-order valence-corrected chi connectivity index (χ1v) is 5.78. The van der Waals surface area contributed by atoms with Gasteiger partial charge in [-0.3, -0.25) is 4.21 Å². The third-order valence-electron chi connectivity index (χ3n) is 1.47. The van der Waals surface area contributed by atoms with Crippen LogP contribution in [0.15, 0.2) is 18.5 Å². The number of nitrogens with zero attached hydrogens (tertiary/aromatic N) is 2. The highest BCUT2D eigenvalue weighted by Crippen LogP contribution is 1.85. The molecule has 0 amide bonds. The van der Waals surface area contributed by atoms with E-state index in [9.17, 15) is 4.21 Å². The highest BCUT2D eigenvalue weighted by molar-refractivity contribution is 7.84. The van der Waals surface area contributed by atoms with E-state index < -0.39 is 10.8 Å². The number of nitrogens with one attached hydrogen (secondary N) is 1. The molecule has 1 unspecified atom stereocenters. The minimum Gasteiger partial charge on any atom is -0.309 e. The van der Waals surface area contributed by atoms with Crippen LogP contribution in [0.4, 0.5) is 0 Å². The maximum atomic E-state index is 10.7. The smallest absolute Gasteiger partial charge is 0.141 e. The molecule has 0 aliphatic rings. The quantitative estimate of drug-likeness (QED) is 0.675. The highest BCUT2D eigenvalue weighted by Gasteiger charge is 1.94. The summed E-state index contributed by atoms with van der Waals surface area (Å²) in [5.41, 5.74) is 0. The molecule has 0 radical (unpaired) electrons. The minimum absolute atomic E-state index is 0.637. The third-order valence-corrected chi connectivity index (χ3v) is 2.25. The van der Waals surface area contributed by atoms with Gasteiger partial charge in [-0.25, -0.2) is 9.97 Å². The van der Waals surface area contributed by atoms with E-state index in [4.69, 9.17) is 0 Å². The molecule has 0 spiro atoms. The molecular formula is C8H13N3OS. The van der Waals surface area contributed by atoms with Crippen molar-refractivity contribution >= 4 is 10.8 Å². The summed E-state index contributed by atoms with van der Waals surface area (Å²) in [6, 6.07) is 1.78. The van der Waals surface area contributed by atoms with Crippen molar-refractivity contribution in [3.63, 3.8) is 0 Å². The van der Waals surface area contributed by atoms with E-state index in [1.54, 1.807) is 24.7 Å². The van der Waals surface area contributed by atoms with Crippen molar-refractivity contribution in [3.05, 3.63) is 24.3 Å². The molecule has 0 aliphatic heterocycles. The normalized spacial score (nSPS) is 12.7. The average Bonchev–Trinajstić information content (AvgIpc) is 2.14. The van der Waals surface area contributed by atoms with E-state index in [-0.39, 0.29) is 0 Å². The summed E-state index contributed by atoms with van der Waals surface area (Å²) in [6.45, 7) is 1.37. The van der Waals surface area contributed by atoms with E-state index in [1.165, 1.54) is 0 Å². The van der Waals surface area contributed by atoms with E-state index in [0.29, 0.717) is 12.3 Å². The molecule has 1 N–H and O–H groups in total. The Morgan fingerprint density at radius 2 is 2.15 bits per heavy atom. The summed E-state index contributed by atoms with van der Waals surface area (Å²) in [5, 5.41) is 3.11. The first kappa shape index (κ1) is 10.3. The standard InChI is InChI=1S/C8H13N3OS/c1-13(12)6-5-9-7-8-10-3-2-4-11-8/h2-4,9H,5-7H2,1H3. The van der Waals surface area contributed by atoms with Crippen molar-refractivity contribution < 1.29 is 4.21 Å². The first-order chi connectivity index (χ1) is 6.29. The van der Waals surface area contributed by atoms with E-state index in [2.05, 4.69) is 15.3 Å². The van der Waals surface area contributed by atoms with E-state index >= 15 is 0 Å². The third kappa shape index (κ3) is 4.69. The van der Waals surface area contributed by atoms with Gasteiger partial charge in [0.2, 0.25) is 0 Å². The van der Waals surface area contributed by atoms with Crippen molar-refractivity contribution in [2.45, 2.75) is 6.54 Å². The van der Waals surface area contributed by atoms with Crippen LogP contribution >= 0.6 is 0 Å². The van der Waals surface area contributed by atoms with Crippen molar-refractivity contribution in [1.29, 1.82) is 0 Å². The predicted molar refractivity (Wildman–Crippen MR) is 52.7 cm³/mol. The number of rotatable bonds is 5. The van der Waals surface area contributed by atoms with E-state index in [1.807, 2.05) is 0 Å². The number of hydrogen-bond acceptors (Lipinski definition) is 4. The zero-order valence-electron chi connectivity index (χ0n) is 7.56. The van der Waals surface area contributed by atoms with Gasteiger partial charge in [0, 0.05) is 41.7 Å². The van der Waals surface area contributed by atoms with Gasteiger partial charge in [-0.1, -0.05) is 0 Å². The fourth-order valence-corrected chi connectivity index (χ4v) is 1.27. The zero-order valence-corrected chi connectivity index (χ0v) is 8.38. The first-order valence-electron chi connectivity index (χ1n) is 4.05. The fourth-order valence-electron chi connectivity index (χ4n) is 0.837. The molecule has 0 saturated carbocycles. The number of hydrogen-bond donors (Lipinski definition) is 1. The van der Waals surface area contributed by atoms with Crippen LogP contribution in [0.3, 0.4) is 0 Å². The van der Waals surface area contributed by atoms with Gasteiger partial charge in [-0.05, 0) is 6.07 Å². The van der Waals surface area contributed by atoms with Gasteiger partial charge >= 0.3 is 0 Å². The molecule has 1 atom stereocenters. The van der Waals surface area contributed by atoms with Crippen LogP contribution in [0.5, 0.6) is 0 Å². The lowest BCUT2D eigenvalue weighted by Crippen LogP contribution is -2.20. The summed E-state index contributed by atoms with van der Waals surface area (Å²) < 4.78 is 10.7. The largest absolute Gasteiger partial charge is 0.309 e. The highest BCUT2D eigenvalue weighted by atomic mass is 32.2. The number of aromatic nitrogens is 2. The van der Waals surface area contributed by atoms with Gasteiger partial charge in [0.25, 0.3) is 0 Å². The van der Waals surface area contributed by atoms with Crippen LogP contribution in [-0.4, -0.2) is 32.7 Å². The Labute approximate surface area is 80.3 Å². The summed E-state index contributed by atoms with van der Waals surface area (Å²) in [4.78, 5) is 8.09. The van der Waals surface area contributed by atoms with Crippen LogP contribution in [0.1, 0.15) is 5.82 Å². The molecule has 0 fully saturated rings. The van der Waals surface area contributed by atoms with Crippen LogP contribution in [0, 0.1) is 0 Å². The second-order valence-corrected chi connectivity index (χ2v) is 4.17. The predicted octanol–water partition coefficient (Wildman–Crippen LogP) is -0.0553. The molecule has 0 aliphatic carbocycles. The molecule has 0 saturated heterocycles. The molecule has 1 aromatic heterocycles. The van der Waals surface area contributed by atoms with Gasteiger partial charge in [-0.2, -0.15) is 0 Å². The molecule has 72 valence electrons. The van der Waals surface area contributed by atoms with Crippen LogP contribution in [-0.2, 0) is 17.3 Å². The molecule has 0 aromatic carbocycles. The zero-order chi connectivity index (χ0) is 9.52. The van der Waals surface area contributed by atoms with Crippen LogP contribution in [0.2, 0.25) is 0 Å². The van der Waals surface area contributed by atoms with E-state index in [0.717, 1.165) is 12.4 Å². The lowest BCUT2D eigenvalue weighted by atomic mass is 10.5. The van der Waals surface area contributed by atoms with Crippen molar-refractivity contribution in [3.8, 4) is 0 Å². The minimum atomic E-state index is -0.727. The topological polar surface area (TPSA) is 54.9 Å². The summed E-state index contributed by atoms with van der Waals surface area (Å²) in [5.74, 6) is 1.44.